The molecular formula is C17H22N2O2. The highest BCUT2D eigenvalue weighted by Gasteiger charge is 2.18. The number of aliphatic carboxylic acids is 1. The van der Waals surface area contributed by atoms with E-state index in [1.807, 2.05) is 24.5 Å². The van der Waals surface area contributed by atoms with Gasteiger partial charge in [-0.25, -0.2) is 0 Å². The third kappa shape index (κ3) is 3.58. The number of rotatable bonds is 4. The fourth-order valence-electron chi connectivity index (χ4n) is 2.47. The van der Waals surface area contributed by atoms with E-state index >= 15 is 0 Å². The second kappa shape index (κ2) is 5.82. The van der Waals surface area contributed by atoms with E-state index in [4.69, 9.17) is 10.8 Å². The summed E-state index contributed by atoms with van der Waals surface area (Å²) in [5, 5.41) is 11.0. The number of nitrogens with zero attached hydrogens (tertiary/aromatic N) is 1. The van der Waals surface area contributed by atoms with E-state index in [0.717, 1.165) is 10.9 Å². The zero-order valence-electron chi connectivity index (χ0n) is 12.8. The first-order chi connectivity index (χ1) is 9.79. The lowest BCUT2D eigenvalue weighted by Gasteiger charge is -2.21. The Morgan fingerprint density at radius 1 is 1.33 bits per heavy atom. The Hall–Kier alpha value is -1.94. The third-order valence-corrected chi connectivity index (χ3v) is 3.69. The quantitative estimate of drug-likeness (QED) is 0.903. The Morgan fingerprint density at radius 2 is 2.05 bits per heavy atom. The largest absolute Gasteiger partial charge is 0.481 e. The van der Waals surface area contributed by atoms with Gasteiger partial charge in [0.2, 0.25) is 0 Å². The number of carboxylic acid groups (broad SMARTS) is 1. The second-order valence-electron chi connectivity index (χ2n) is 6.46. The number of benzene rings is 1. The van der Waals surface area contributed by atoms with Gasteiger partial charge in [0.25, 0.3) is 0 Å². The minimum Gasteiger partial charge on any atom is -0.481 e. The van der Waals surface area contributed by atoms with E-state index in [1.165, 1.54) is 10.9 Å². The first-order valence-corrected chi connectivity index (χ1v) is 7.14. The van der Waals surface area contributed by atoms with E-state index in [0.29, 0.717) is 6.42 Å². The van der Waals surface area contributed by atoms with Crippen LogP contribution in [0.5, 0.6) is 0 Å². The number of carbonyl (C=O) groups is 1. The van der Waals surface area contributed by atoms with Crippen LogP contribution in [0.3, 0.4) is 0 Å². The van der Waals surface area contributed by atoms with E-state index in [1.54, 1.807) is 0 Å². The predicted octanol–water partition coefficient (Wildman–Crippen LogP) is 3.40. The fraction of sp³-hybridized carbons (Fsp3) is 0.412. The zero-order chi connectivity index (χ0) is 15.6. The Balaban J connectivity index is 2.37. The summed E-state index contributed by atoms with van der Waals surface area (Å²) in [5.74, 6) is -0.817. The molecule has 4 heteroatoms. The Morgan fingerprint density at radius 3 is 2.67 bits per heavy atom. The molecule has 2 aromatic rings. The zero-order valence-corrected chi connectivity index (χ0v) is 12.8. The molecule has 0 saturated carbocycles. The van der Waals surface area contributed by atoms with Gasteiger partial charge >= 0.3 is 5.97 Å². The number of pyridine rings is 1. The predicted molar refractivity (Wildman–Crippen MR) is 84.2 cm³/mol. The summed E-state index contributed by atoms with van der Waals surface area (Å²) >= 11 is 0. The van der Waals surface area contributed by atoms with Crippen LogP contribution in [0, 0.1) is 0 Å². The van der Waals surface area contributed by atoms with Gasteiger partial charge in [0.15, 0.2) is 0 Å². The average Bonchev–Trinajstić information content (AvgIpc) is 2.42. The van der Waals surface area contributed by atoms with Crippen molar-refractivity contribution in [2.75, 3.05) is 0 Å². The molecule has 2 rings (SSSR count). The molecule has 0 aliphatic carbocycles. The molecule has 0 fully saturated rings. The van der Waals surface area contributed by atoms with Crippen LogP contribution in [0.4, 0.5) is 0 Å². The highest BCUT2D eigenvalue weighted by molar-refractivity contribution is 5.86. The van der Waals surface area contributed by atoms with Gasteiger partial charge in [-0.3, -0.25) is 9.78 Å². The number of carboxylic acids is 1. The van der Waals surface area contributed by atoms with Crippen LogP contribution >= 0.6 is 0 Å². The van der Waals surface area contributed by atoms with Gasteiger partial charge < -0.3 is 10.8 Å². The first-order valence-electron chi connectivity index (χ1n) is 7.14. The number of aromatic nitrogens is 1. The molecule has 0 aliphatic rings. The Kier molecular flexibility index (Phi) is 4.28. The third-order valence-electron chi connectivity index (χ3n) is 3.69. The second-order valence-corrected chi connectivity index (χ2v) is 6.46. The van der Waals surface area contributed by atoms with Gasteiger partial charge in [-0.05, 0) is 34.4 Å². The van der Waals surface area contributed by atoms with Crippen molar-refractivity contribution in [2.24, 2.45) is 5.73 Å². The standard InChI is InChI=1S/C17H22N2O2/c1-17(2,3)14-10-19-9-12-8-11(4-5-13(12)14)15(18)6-7-16(20)21/h4-5,8-10,15H,6-7,18H2,1-3H3,(H,20,21). The monoisotopic (exact) mass is 286 g/mol. The summed E-state index contributed by atoms with van der Waals surface area (Å²) < 4.78 is 0. The molecule has 21 heavy (non-hydrogen) atoms. The van der Waals surface area contributed by atoms with Crippen LogP contribution in [0.25, 0.3) is 10.8 Å². The maximum absolute atomic E-state index is 10.6. The van der Waals surface area contributed by atoms with Crippen molar-refractivity contribution >= 4 is 16.7 Å². The molecule has 4 nitrogen and oxygen atoms in total. The Labute approximate surface area is 125 Å². The molecule has 0 saturated heterocycles. The lowest BCUT2D eigenvalue weighted by Crippen LogP contribution is -2.14. The van der Waals surface area contributed by atoms with E-state index in [9.17, 15) is 4.79 Å². The first kappa shape index (κ1) is 15.4. The smallest absolute Gasteiger partial charge is 0.303 e. The van der Waals surface area contributed by atoms with Crippen LogP contribution in [-0.2, 0) is 10.2 Å². The minimum absolute atomic E-state index is 0.0272. The molecular weight excluding hydrogens is 264 g/mol. The molecule has 1 heterocycles. The van der Waals surface area contributed by atoms with Crippen molar-refractivity contribution in [2.45, 2.75) is 45.1 Å². The van der Waals surface area contributed by atoms with Gasteiger partial charge in [-0.2, -0.15) is 0 Å². The van der Waals surface area contributed by atoms with E-state index in [-0.39, 0.29) is 17.9 Å². The number of fused-ring (bicyclic) bond motifs is 1. The lowest BCUT2D eigenvalue weighted by molar-refractivity contribution is -0.137. The van der Waals surface area contributed by atoms with Crippen molar-refractivity contribution in [3.8, 4) is 0 Å². The molecule has 112 valence electrons. The van der Waals surface area contributed by atoms with Gasteiger partial charge in [0.1, 0.15) is 0 Å². The van der Waals surface area contributed by atoms with Crippen molar-refractivity contribution in [3.63, 3.8) is 0 Å². The lowest BCUT2D eigenvalue weighted by atomic mass is 9.84. The molecule has 0 amide bonds. The number of hydrogen-bond acceptors (Lipinski definition) is 3. The number of hydrogen-bond donors (Lipinski definition) is 2. The van der Waals surface area contributed by atoms with Crippen LogP contribution in [0.15, 0.2) is 30.6 Å². The van der Waals surface area contributed by atoms with Gasteiger partial charge in [-0.15, -0.1) is 0 Å². The minimum atomic E-state index is -0.817. The SMILES string of the molecule is CC(C)(C)c1cncc2cc(C(N)CCC(=O)O)ccc12. The summed E-state index contributed by atoms with van der Waals surface area (Å²) in [6.45, 7) is 6.49. The fourth-order valence-corrected chi connectivity index (χ4v) is 2.47. The van der Waals surface area contributed by atoms with Gasteiger partial charge in [0.05, 0.1) is 0 Å². The molecule has 1 aromatic carbocycles. The molecule has 0 aliphatic heterocycles. The molecule has 3 N–H and O–H groups in total. The van der Waals surface area contributed by atoms with Crippen molar-refractivity contribution in [1.82, 2.24) is 4.98 Å². The molecule has 1 unspecified atom stereocenters. The van der Waals surface area contributed by atoms with Gasteiger partial charge in [0, 0.05) is 30.2 Å². The molecule has 1 aromatic heterocycles. The summed E-state index contributed by atoms with van der Waals surface area (Å²) in [6, 6.07) is 5.81. The topological polar surface area (TPSA) is 76.2 Å². The maximum atomic E-state index is 10.6. The van der Waals surface area contributed by atoms with Crippen molar-refractivity contribution in [1.29, 1.82) is 0 Å². The average molecular weight is 286 g/mol. The number of nitrogens with two attached hydrogens (primary N) is 1. The highest BCUT2D eigenvalue weighted by Crippen LogP contribution is 2.30. The summed E-state index contributed by atoms with van der Waals surface area (Å²) in [5.41, 5.74) is 8.26. The molecule has 0 bridgehead atoms. The van der Waals surface area contributed by atoms with Gasteiger partial charge in [-0.1, -0.05) is 32.9 Å². The molecule has 0 spiro atoms. The van der Waals surface area contributed by atoms with Crippen LogP contribution in [0.2, 0.25) is 0 Å². The normalized spacial score (nSPS) is 13.3. The maximum Gasteiger partial charge on any atom is 0.303 e. The van der Waals surface area contributed by atoms with Crippen molar-refractivity contribution < 1.29 is 9.90 Å². The van der Waals surface area contributed by atoms with Crippen molar-refractivity contribution in [3.05, 3.63) is 41.7 Å². The van der Waals surface area contributed by atoms with Crippen LogP contribution in [0.1, 0.15) is 50.8 Å². The summed E-state index contributed by atoms with van der Waals surface area (Å²) in [7, 11) is 0. The highest BCUT2D eigenvalue weighted by atomic mass is 16.4. The van der Waals surface area contributed by atoms with Crippen LogP contribution < -0.4 is 5.73 Å². The molecule has 1 atom stereocenters. The van der Waals surface area contributed by atoms with E-state index in [2.05, 4.69) is 31.8 Å². The Bertz CT molecular complexity index is 659. The molecule has 0 radical (unpaired) electrons. The van der Waals surface area contributed by atoms with Crippen LogP contribution in [-0.4, -0.2) is 16.1 Å². The summed E-state index contributed by atoms with van der Waals surface area (Å²) in [6.07, 6.45) is 4.26. The van der Waals surface area contributed by atoms with E-state index < -0.39 is 5.97 Å². The summed E-state index contributed by atoms with van der Waals surface area (Å²) in [4.78, 5) is 15.0.